The highest BCUT2D eigenvalue weighted by atomic mass is 35.5. The number of aryl methyl sites for hydroxylation is 2. The van der Waals surface area contributed by atoms with Crippen molar-refractivity contribution in [3.63, 3.8) is 0 Å². The Balaban J connectivity index is 2.85. The van der Waals surface area contributed by atoms with Crippen LogP contribution in [0.5, 0.6) is 0 Å². The maximum Gasteiger partial charge on any atom is 0.0859 e. The number of hydrogen-bond donors (Lipinski definition) is 1. The minimum absolute atomic E-state index is 0.430. The van der Waals surface area contributed by atoms with E-state index < -0.39 is 10.8 Å². The first-order valence-corrected chi connectivity index (χ1v) is 6.72. The molecule has 15 heavy (non-hydrogen) atoms. The molecule has 0 spiro atoms. The van der Waals surface area contributed by atoms with Crippen molar-refractivity contribution >= 4 is 22.4 Å². The molecule has 1 unspecified atom stereocenters. The monoisotopic (exact) mass is 249 g/mol. The Morgan fingerprint density at radius 2 is 2.27 bits per heavy atom. The first-order chi connectivity index (χ1) is 7.10. The van der Waals surface area contributed by atoms with Crippen molar-refractivity contribution in [2.24, 2.45) is 12.8 Å². The van der Waals surface area contributed by atoms with Crippen LogP contribution in [0.15, 0.2) is 0 Å². The van der Waals surface area contributed by atoms with E-state index >= 15 is 0 Å². The van der Waals surface area contributed by atoms with Gasteiger partial charge in [-0.15, -0.1) is 0 Å². The Morgan fingerprint density at radius 3 is 2.73 bits per heavy atom. The van der Waals surface area contributed by atoms with Crippen LogP contribution in [-0.2, 0) is 30.0 Å². The van der Waals surface area contributed by atoms with Gasteiger partial charge >= 0.3 is 0 Å². The van der Waals surface area contributed by atoms with Crippen LogP contribution in [0.1, 0.15) is 18.3 Å². The zero-order valence-corrected chi connectivity index (χ0v) is 10.6. The van der Waals surface area contributed by atoms with E-state index in [0.717, 1.165) is 17.8 Å². The van der Waals surface area contributed by atoms with Gasteiger partial charge in [-0.25, -0.2) is 0 Å². The maximum absolute atomic E-state index is 11.5. The van der Waals surface area contributed by atoms with E-state index in [1.54, 1.807) is 4.68 Å². The van der Waals surface area contributed by atoms with Gasteiger partial charge < -0.3 is 5.73 Å². The molecule has 0 amide bonds. The Kier molecular flexibility index (Phi) is 4.76. The fourth-order valence-electron chi connectivity index (χ4n) is 1.33. The molecule has 0 fully saturated rings. The lowest BCUT2D eigenvalue weighted by molar-refractivity contribution is 0.675. The van der Waals surface area contributed by atoms with Crippen molar-refractivity contribution in [2.45, 2.75) is 19.1 Å². The molecule has 1 atom stereocenters. The van der Waals surface area contributed by atoms with E-state index in [9.17, 15) is 4.21 Å². The average Bonchev–Trinajstić information content (AvgIpc) is 2.45. The minimum Gasteiger partial charge on any atom is -0.330 e. The van der Waals surface area contributed by atoms with Crippen molar-refractivity contribution in [2.75, 3.05) is 12.3 Å². The lowest BCUT2D eigenvalue weighted by Crippen LogP contribution is -2.13. The SMILES string of the molecule is CCc1nn(C)c(CS(=O)CCN)c1Cl. The van der Waals surface area contributed by atoms with Crippen molar-refractivity contribution < 1.29 is 4.21 Å². The molecule has 86 valence electrons. The summed E-state index contributed by atoms with van der Waals surface area (Å²) in [6.07, 6.45) is 0.788. The molecule has 0 aliphatic rings. The Morgan fingerprint density at radius 1 is 1.60 bits per heavy atom. The summed E-state index contributed by atoms with van der Waals surface area (Å²) in [4.78, 5) is 0. The summed E-state index contributed by atoms with van der Waals surface area (Å²) in [6, 6.07) is 0. The molecule has 0 bridgehead atoms. The molecule has 4 nitrogen and oxygen atoms in total. The van der Waals surface area contributed by atoms with Gasteiger partial charge in [0.25, 0.3) is 0 Å². The van der Waals surface area contributed by atoms with Crippen molar-refractivity contribution in [1.29, 1.82) is 0 Å². The maximum atomic E-state index is 11.5. The van der Waals surface area contributed by atoms with Gasteiger partial charge in [0.15, 0.2) is 0 Å². The van der Waals surface area contributed by atoms with Gasteiger partial charge in [-0.3, -0.25) is 8.89 Å². The molecule has 0 radical (unpaired) electrons. The zero-order chi connectivity index (χ0) is 11.4. The van der Waals surface area contributed by atoms with E-state index in [1.165, 1.54) is 0 Å². The van der Waals surface area contributed by atoms with Gasteiger partial charge in [-0.05, 0) is 6.42 Å². The largest absolute Gasteiger partial charge is 0.330 e. The van der Waals surface area contributed by atoms with Gasteiger partial charge in [-0.1, -0.05) is 18.5 Å². The molecule has 6 heteroatoms. The van der Waals surface area contributed by atoms with Crippen LogP contribution < -0.4 is 5.73 Å². The lowest BCUT2D eigenvalue weighted by atomic mass is 10.3. The molecule has 0 aliphatic heterocycles. The van der Waals surface area contributed by atoms with Crippen molar-refractivity contribution in [3.05, 3.63) is 16.4 Å². The molecular weight excluding hydrogens is 234 g/mol. The fourth-order valence-corrected chi connectivity index (χ4v) is 2.82. The normalized spacial score (nSPS) is 13.1. The van der Waals surface area contributed by atoms with Crippen LogP contribution in [0.3, 0.4) is 0 Å². The molecule has 1 heterocycles. The Labute approximate surface area is 97.2 Å². The summed E-state index contributed by atoms with van der Waals surface area (Å²) in [6.45, 7) is 2.43. The first-order valence-electron chi connectivity index (χ1n) is 4.85. The first kappa shape index (κ1) is 12.7. The van der Waals surface area contributed by atoms with Crippen LogP contribution in [-0.4, -0.2) is 26.3 Å². The number of aromatic nitrogens is 2. The van der Waals surface area contributed by atoms with Crippen molar-refractivity contribution in [1.82, 2.24) is 9.78 Å². The predicted octanol–water partition coefficient (Wildman–Crippen LogP) is 0.843. The molecule has 0 saturated heterocycles. The number of halogens is 1. The summed E-state index contributed by atoms with van der Waals surface area (Å²) >= 11 is 6.12. The standard InChI is InChI=1S/C9H16ClN3OS/c1-3-7-9(10)8(13(2)12-7)6-15(14)5-4-11/h3-6,11H2,1-2H3. The van der Waals surface area contributed by atoms with Crippen LogP contribution >= 0.6 is 11.6 Å². The molecule has 0 saturated carbocycles. The van der Waals surface area contributed by atoms with Gasteiger partial charge in [0.2, 0.25) is 0 Å². The molecule has 1 aromatic rings. The fraction of sp³-hybridized carbons (Fsp3) is 0.667. The second-order valence-electron chi connectivity index (χ2n) is 3.26. The highest BCUT2D eigenvalue weighted by molar-refractivity contribution is 7.84. The summed E-state index contributed by atoms with van der Waals surface area (Å²) in [5.74, 6) is 0.933. The minimum atomic E-state index is -0.951. The molecule has 0 aliphatic carbocycles. The van der Waals surface area contributed by atoms with E-state index in [2.05, 4.69) is 5.10 Å². The Bertz CT molecular complexity index is 364. The molecular formula is C9H16ClN3OS. The van der Waals surface area contributed by atoms with Crippen molar-refractivity contribution in [3.8, 4) is 0 Å². The van der Waals surface area contributed by atoms with Crippen LogP contribution in [0.4, 0.5) is 0 Å². The number of nitrogens with two attached hydrogens (primary N) is 1. The molecule has 1 aromatic heterocycles. The van der Waals surface area contributed by atoms with Gasteiger partial charge in [-0.2, -0.15) is 5.10 Å². The van der Waals surface area contributed by atoms with E-state index in [1.807, 2.05) is 14.0 Å². The van der Waals surface area contributed by atoms with Gasteiger partial charge in [0.1, 0.15) is 0 Å². The second kappa shape index (κ2) is 5.63. The van der Waals surface area contributed by atoms with Crippen LogP contribution in [0, 0.1) is 0 Å². The third-order valence-electron chi connectivity index (χ3n) is 2.15. The van der Waals surface area contributed by atoms with E-state index in [4.69, 9.17) is 17.3 Å². The van der Waals surface area contributed by atoms with Crippen LogP contribution in [0.2, 0.25) is 5.02 Å². The zero-order valence-electron chi connectivity index (χ0n) is 8.99. The quantitative estimate of drug-likeness (QED) is 0.842. The summed E-state index contributed by atoms with van der Waals surface area (Å²) in [7, 11) is 0.869. The number of hydrogen-bond acceptors (Lipinski definition) is 3. The summed E-state index contributed by atoms with van der Waals surface area (Å²) < 4.78 is 13.2. The molecule has 1 rings (SSSR count). The summed E-state index contributed by atoms with van der Waals surface area (Å²) in [5.41, 5.74) is 7.04. The van der Waals surface area contributed by atoms with E-state index in [0.29, 0.717) is 23.1 Å². The average molecular weight is 250 g/mol. The second-order valence-corrected chi connectivity index (χ2v) is 5.22. The lowest BCUT2D eigenvalue weighted by Gasteiger charge is -2.02. The Hall–Kier alpha value is -0.390. The van der Waals surface area contributed by atoms with Gasteiger partial charge in [0, 0.05) is 30.1 Å². The number of rotatable bonds is 5. The highest BCUT2D eigenvalue weighted by Crippen LogP contribution is 2.21. The smallest absolute Gasteiger partial charge is 0.0859 e. The topological polar surface area (TPSA) is 60.9 Å². The number of nitrogens with zero attached hydrogens (tertiary/aromatic N) is 2. The predicted molar refractivity (Wildman–Crippen MR) is 63.4 cm³/mol. The molecule has 0 aromatic carbocycles. The third-order valence-corrected chi connectivity index (χ3v) is 3.87. The molecule has 2 N–H and O–H groups in total. The summed E-state index contributed by atoms with van der Waals surface area (Å²) in [5, 5.41) is 4.90. The van der Waals surface area contributed by atoms with Gasteiger partial charge in [0.05, 0.1) is 22.2 Å². The van der Waals surface area contributed by atoms with E-state index in [-0.39, 0.29) is 0 Å². The highest BCUT2D eigenvalue weighted by Gasteiger charge is 2.14. The van der Waals surface area contributed by atoms with Crippen LogP contribution in [0.25, 0.3) is 0 Å². The third kappa shape index (κ3) is 3.03.